The molecule has 0 spiro atoms. The van der Waals surface area contributed by atoms with E-state index in [-0.39, 0.29) is 17.6 Å². The molecule has 5 rings (SSSR count). The van der Waals surface area contributed by atoms with Gasteiger partial charge in [0.05, 0.1) is 17.2 Å². The maximum atomic E-state index is 12.8. The quantitative estimate of drug-likeness (QED) is 0.555. The van der Waals surface area contributed by atoms with Gasteiger partial charge in [0.15, 0.2) is 0 Å². The van der Waals surface area contributed by atoms with Crippen LogP contribution in [0.4, 0.5) is 0 Å². The number of para-hydroxylation sites is 1. The zero-order valence-electron chi connectivity index (χ0n) is 18.6. The first-order valence-electron chi connectivity index (χ1n) is 11.7. The lowest BCUT2D eigenvalue weighted by Crippen LogP contribution is -2.50. The van der Waals surface area contributed by atoms with Gasteiger partial charge in [-0.3, -0.25) is 19.1 Å². The Morgan fingerprint density at radius 3 is 2.61 bits per heavy atom. The number of fused-ring (bicyclic) bond motifs is 1. The molecule has 4 heterocycles. The Hall–Kier alpha value is -2.78. The fourth-order valence-corrected chi connectivity index (χ4v) is 5.44. The third kappa shape index (κ3) is 5.09. The third-order valence-corrected chi connectivity index (χ3v) is 7.45. The molecule has 2 aliphatic rings. The van der Waals surface area contributed by atoms with Gasteiger partial charge in [0.25, 0.3) is 10.8 Å². The molecule has 174 valence electrons. The predicted molar refractivity (Wildman–Crippen MR) is 128 cm³/mol. The topological polar surface area (TPSA) is 80.6 Å². The number of benzene rings is 1. The van der Waals surface area contributed by atoms with Crippen LogP contribution >= 0.6 is 11.3 Å². The van der Waals surface area contributed by atoms with E-state index in [9.17, 15) is 9.59 Å². The Bertz CT molecular complexity index is 1130. The van der Waals surface area contributed by atoms with E-state index >= 15 is 0 Å². The van der Waals surface area contributed by atoms with Gasteiger partial charge in [-0.25, -0.2) is 9.97 Å². The average Bonchev–Trinajstić information content (AvgIpc) is 3.37. The van der Waals surface area contributed by atoms with Crippen LogP contribution in [-0.2, 0) is 11.3 Å². The second kappa shape index (κ2) is 10.0. The monoisotopic (exact) mass is 467 g/mol. The minimum Gasteiger partial charge on any atom is -0.467 e. The molecule has 0 N–H and O–H groups in total. The maximum Gasteiger partial charge on any atom is 0.273 e. The van der Waals surface area contributed by atoms with Gasteiger partial charge < -0.3 is 9.64 Å². The summed E-state index contributed by atoms with van der Waals surface area (Å²) in [5.74, 6) is 0.115. The Morgan fingerprint density at radius 1 is 1.06 bits per heavy atom. The number of hydrogen-bond donors (Lipinski definition) is 0. The lowest BCUT2D eigenvalue weighted by atomic mass is 9.98. The summed E-state index contributed by atoms with van der Waals surface area (Å²) in [5, 5.41) is 3.30. The highest BCUT2D eigenvalue weighted by atomic mass is 32.1. The van der Waals surface area contributed by atoms with Gasteiger partial charge in [-0.05, 0) is 37.8 Å². The molecular weight excluding hydrogens is 438 g/mol. The normalized spacial score (nSPS) is 18.6. The van der Waals surface area contributed by atoms with Gasteiger partial charge in [-0.1, -0.05) is 23.5 Å². The lowest BCUT2D eigenvalue weighted by molar-refractivity contribution is -0.133. The van der Waals surface area contributed by atoms with E-state index in [1.807, 2.05) is 28.5 Å². The molecule has 0 aliphatic carbocycles. The molecule has 3 aromatic rings. The molecule has 9 heteroatoms. The van der Waals surface area contributed by atoms with Crippen molar-refractivity contribution in [2.45, 2.75) is 50.8 Å². The number of rotatable bonds is 6. The summed E-state index contributed by atoms with van der Waals surface area (Å²) in [5.41, 5.74) is 0.597. The van der Waals surface area contributed by atoms with Gasteiger partial charge in [0.2, 0.25) is 5.91 Å². The number of thiazole rings is 1. The highest BCUT2D eigenvalue weighted by Crippen LogP contribution is 2.25. The van der Waals surface area contributed by atoms with Crippen molar-refractivity contribution in [3.05, 3.63) is 52.5 Å². The number of ether oxygens (including phenoxy) is 1. The number of carbonyl (C=O) groups is 1. The number of nitrogens with zero attached hydrogens (tertiary/aromatic N) is 5. The molecule has 0 atom stereocenters. The molecular formula is C24H29N5O3S. The molecule has 0 saturated carbocycles. The Balaban J connectivity index is 1.07. The molecule has 2 aliphatic heterocycles. The molecule has 0 bridgehead atoms. The lowest BCUT2D eigenvalue weighted by Gasteiger charge is -2.41. The van der Waals surface area contributed by atoms with E-state index < -0.39 is 0 Å². The number of aromatic nitrogens is 3. The molecule has 2 aromatic heterocycles. The van der Waals surface area contributed by atoms with E-state index in [1.165, 1.54) is 0 Å². The highest BCUT2D eigenvalue weighted by Gasteiger charge is 2.30. The summed E-state index contributed by atoms with van der Waals surface area (Å²) < 4.78 is 7.52. The molecule has 8 nitrogen and oxygen atoms in total. The smallest absolute Gasteiger partial charge is 0.273 e. The molecule has 1 amide bonds. The third-order valence-electron chi connectivity index (χ3n) is 6.79. The van der Waals surface area contributed by atoms with E-state index in [1.54, 1.807) is 34.5 Å². The first kappa shape index (κ1) is 22.0. The van der Waals surface area contributed by atoms with Crippen molar-refractivity contribution in [2.24, 2.45) is 0 Å². The van der Waals surface area contributed by atoms with Crippen LogP contribution in [0.3, 0.4) is 0 Å². The number of carbonyl (C=O) groups excluding carboxylic acids is 1. The zero-order chi connectivity index (χ0) is 22.6. The van der Waals surface area contributed by atoms with Crippen molar-refractivity contribution in [2.75, 3.05) is 26.2 Å². The number of amides is 1. The Labute approximate surface area is 196 Å². The van der Waals surface area contributed by atoms with Crippen molar-refractivity contribution in [3.8, 4) is 5.19 Å². The van der Waals surface area contributed by atoms with Crippen LogP contribution in [0, 0.1) is 0 Å². The van der Waals surface area contributed by atoms with Crippen molar-refractivity contribution in [1.29, 1.82) is 0 Å². The van der Waals surface area contributed by atoms with Gasteiger partial charge in [-0.2, -0.15) is 0 Å². The summed E-state index contributed by atoms with van der Waals surface area (Å²) in [6.07, 6.45) is 7.95. The Kier molecular flexibility index (Phi) is 6.68. The van der Waals surface area contributed by atoms with E-state index in [4.69, 9.17) is 4.74 Å². The van der Waals surface area contributed by atoms with Crippen LogP contribution in [0.1, 0.15) is 32.1 Å². The van der Waals surface area contributed by atoms with Crippen LogP contribution < -0.4 is 10.3 Å². The molecule has 33 heavy (non-hydrogen) atoms. The maximum absolute atomic E-state index is 12.8. The molecule has 2 saturated heterocycles. The summed E-state index contributed by atoms with van der Waals surface area (Å²) in [4.78, 5) is 38.5. The van der Waals surface area contributed by atoms with Crippen molar-refractivity contribution < 1.29 is 9.53 Å². The second-order valence-corrected chi connectivity index (χ2v) is 9.63. The zero-order valence-corrected chi connectivity index (χ0v) is 19.5. The second-order valence-electron chi connectivity index (χ2n) is 8.77. The van der Waals surface area contributed by atoms with E-state index in [2.05, 4.69) is 14.9 Å². The molecule has 2 fully saturated rings. The highest BCUT2D eigenvalue weighted by molar-refractivity contribution is 7.11. The summed E-state index contributed by atoms with van der Waals surface area (Å²) in [6.45, 7) is 3.99. The summed E-state index contributed by atoms with van der Waals surface area (Å²) >= 11 is 1.55. The summed E-state index contributed by atoms with van der Waals surface area (Å²) in [7, 11) is 0. The van der Waals surface area contributed by atoms with Gasteiger partial charge >= 0.3 is 0 Å². The minimum atomic E-state index is -0.0886. The number of aryl methyl sites for hydroxylation is 1. The van der Waals surface area contributed by atoms with Gasteiger partial charge in [0, 0.05) is 56.8 Å². The fraction of sp³-hybridized carbons (Fsp3) is 0.500. The van der Waals surface area contributed by atoms with Crippen LogP contribution in [0.2, 0.25) is 0 Å². The van der Waals surface area contributed by atoms with Gasteiger partial charge in [-0.15, -0.1) is 0 Å². The number of likely N-dealkylation sites (tertiary alicyclic amines) is 2. The van der Waals surface area contributed by atoms with Crippen LogP contribution in [0.15, 0.2) is 47.0 Å². The molecule has 0 unspecified atom stereocenters. The molecule has 1 aromatic carbocycles. The molecule has 0 radical (unpaired) electrons. The van der Waals surface area contributed by atoms with Crippen LogP contribution in [0.5, 0.6) is 5.19 Å². The number of piperidine rings is 2. The Morgan fingerprint density at radius 2 is 1.85 bits per heavy atom. The van der Waals surface area contributed by atoms with Crippen LogP contribution in [0.25, 0.3) is 10.9 Å². The minimum absolute atomic E-state index is 0.0886. The first-order valence-corrected chi connectivity index (χ1v) is 12.6. The van der Waals surface area contributed by atoms with E-state index in [0.717, 1.165) is 57.1 Å². The fourth-order valence-electron chi connectivity index (χ4n) is 4.89. The summed E-state index contributed by atoms with van der Waals surface area (Å²) in [6, 6.07) is 7.84. The predicted octanol–water partition coefficient (Wildman–Crippen LogP) is 2.78. The first-order chi connectivity index (χ1) is 16.2. The van der Waals surface area contributed by atoms with E-state index in [0.29, 0.717) is 29.9 Å². The standard InChI is InChI=1S/C24H29N5O3S/c30-22(9-15-29-17-26-21-4-2-1-3-20(21)23(29)31)28-11-5-18(6-12-28)27-13-7-19(8-14-27)32-24-25-10-16-33-24/h1-4,10,16-19H,5-9,11-15H2. The SMILES string of the molecule is O=C(CCn1cnc2ccccc2c1=O)N1CCC(N2CCC(Oc3nccs3)CC2)CC1. The van der Waals surface area contributed by atoms with Gasteiger partial charge in [0.1, 0.15) is 6.10 Å². The average molecular weight is 468 g/mol. The largest absolute Gasteiger partial charge is 0.467 e. The van der Waals surface area contributed by atoms with Crippen molar-refractivity contribution in [1.82, 2.24) is 24.3 Å². The van der Waals surface area contributed by atoms with Crippen molar-refractivity contribution >= 4 is 28.1 Å². The van der Waals surface area contributed by atoms with Crippen LogP contribution in [-0.4, -0.2) is 68.6 Å². The van der Waals surface area contributed by atoms with Crippen molar-refractivity contribution in [3.63, 3.8) is 0 Å². The number of hydrogen-bond acceptors (Lipinski definition) is 7.